The van der Waals surface area contributed by atoms with Gasteiger partial charge in [0.1, 0.15) is 17.9 Å². The lowest BCUT2D eigenvalue weighted by Gasteiger charge is -2.11. The Labute approximate surface area is 123 Å². The fourth-order valence-corrected chi connectivity index (χ4v) is 2.25. The number of carboxylic acid groups (broad SMARTS) is 1. The first-order valence-corrected chi connectivity index (χ1v) is 6.64. The number of benzene rings is 2. The van der Waals surface area contributed by atoms with Crippen molar-refractivity contribution in [1.29, 1.82) is 0 Å². The molecule has 0 amide bonds. The Hall–Kier alpha value is -1.52. The number of hydrogen-bond acceptors (Lipinski definition) is 2. The van der Waals surface area contributed by atoms with Crippen molar-refractivity contribution in [3.63, 3.8) is 0 Å². The summed E-state index contributed by atoms with van der Waals surface area (Å²) in [5.41, 5.74) is 0.912. The van der Waals surface area contributed by atoms with E-state index in [-0.39, 0.29) is 22.9 Å². The highest BCUT2D eigenvalue weighted by Crippen LogP contribution is 2.27. The van der Waals surface area contributed by atoms with Crippen molar-refractivity contribution < 1.29 is 14.6 Å². The summed E-state index contributed by atoms with van der Waals surface area (Å²) in [6, 6.07) is 12.4. The summed E-state index contributed by atoms with van der Waals surface area (Å²) in [6.07, 6.45) is 0. The van der Waals surface area contributed by atoms with E-state index in [9.17, 15) is 4.79 Å². The Morgan fingerprint density at radius 1 is 1.21 bits per heavy atom. The van der Waals surface area contributed by atoms with Crippen LogP contribution in [0, 0.1) is 0 Å². The van der Waals surface area contributed by atoms with Gasteiger partial charge < -0.3 is 9.84 Å². The molecule has 0 radical (unpaired) electrons. The molecular weight excluding hydrogens is 332 g/mol. The molecule has 3 nitrogen and oxygen atoms in total. The maximum Gasteiger partial charge on any atom is 0.341 e. The molecule has 1 N–H and O–H groups in total. The summed E-state index contributed by atoms with van der Waals surface area (Å²) in [6.45, 7) is 0.266. The van der Waals surface area contributed by atoms with Crippen molar-refractivity contribution in [2.24, 2.45) is 0 Å². The van der Waals surface area contributed by atoms with Crippen molar-refractivity contribution in [1.82, 2.24) is 0 Å². The SMILES string of the molecule is O=C(O)c1c(Cl)cccc1OCc1ccccc1Br. The highest BCUT2D eigenvalue weighted by atomic mass is 79.9. The lowest BCUT2D eigenvalue weighted by atomic mass is 10.2. The van der Waals surface area contributed by atoms with Gasteiger partial charge in [-0.2, -0.15) is 0 Å². The highest BCUT2D eigenvalue weighted by Gasteiger charge is 2.15. The quantitative estimate of drug-likeness (QED) is 0.897. The van der Waals surface area contributed by atoms with Crippen LogP contribution in [0.3, 0.4) is 0 Å². The molecular formula is C14H10BrClO3. The Morgan fingerprint density at radius 3 is 2.63 bits per heavy atom. The van der Waals surface area contributed by atoms with E-state index in [0.717, 1.165) is 10.0 Å². The van der Waals surface area contributed by atoms with Crippen LogP contribution in [-0.2, 0) is 6.61 Å². The molecule has 5 heteroatoms. The van der Waals surface area contributed by atoms with Crippen molar-refractivity contribution in [2.75, 3.05) is 0 Å². The Morgan fingerprint density at radius 2 is 1.95 bits per heavy atom. The van der Waals surface area contributed by atoms with Crippen LogP contribution in [0.4, 0.5) is 0 Å². The van der Waals surface area contributed by atoms with Gasteiger partial charge in [0.15, 0.2) is 0 Å². The van der Waals surface area contributed by atoms with Crippen LogP contribution >= 0.6 is 27.5 Å². The minimum atomic E-state index is -1.10. The van der Waals surface area contributed by atoms with Crippen LogP contribution in [0.15, 0.2) is 46.9 Å². The third-order valence-electron chi connectivity index (χ3n) is 2.53. The molecule has 0 fully saturated rings. The Bertz CT molecular complexity index is 613. The first kappa shape index (κ1) is 13.9. The van der Waals surface area contributed by atoms with Crippen LogP contribution < -0.4 is 4.74 Å². The van der Waals surface area contributed by atoms with Gasteiger partial charge in [0.2, 0.25) is 0 Å². The first-order valence-electron chi connectivity index (χ1n) is 5.47. The van der Waals surface area contributed by atoms with E-state index in [4.69, 9.17) is 21.4 Å². The fourth-order valence-electron chi connectivity index (χ4n) is 1.60. The van der Waals surface area contributed by atoms with E-state index in [0.29, 0.717) is 0 Å². The summed E-state index contributed by atoms with van der Waals surface area (Å²) >= 11 is 9.28. The summed E-state index contributed by atoms with van der Waals surface area (Å²) < 4.78 is 6.46. The molecule has 0 aliphatic heterocycles. The Balaban J connectivity index is 2.23. The predicted octanol–water partition coefficient (Wildman–Crippen LogP) is 4.38. The molecule has 0 aromatic heterocycles. The van der Waals surface area contributed by atoms with Crippen LogP contribution in [0.25, 0.3) is 0 Å². The van der Waals surface area contributed by atoms with E-state index >= 15 is 0 Å². The molecule has 2 aromatic carbocycles. The van der Waals surface area contributed by atoms with E-state index in [2.05, 4.69) is 15.9 Å². The second kappa shape index (κ2) is 6.08. The van der Waals surface area contributed by atoms with Crippen LogP contribution in [0.1, 0.15) is 15.9 Å². The van der Waals surface area contributed by atoms with Gasteiger partial charge in [0, 0.05) is 10.0 Å². The fraction of sp³-hybridized carbons (Fsp3) is 0.0714. The number of carboxylic acids is 1. The lowest BCUT2D eigenvalue weighted by molar-refractivity contribution is 0.0692. The van der Waals surface area contributed by atoms with Crippen molar-refractivity contribution in [3.05, 3.63) is 63.1 Å². The molecule has 0 unspecified atom stereocenters. The summed E-state index contributed by atoms with van der Waals surface area (Å²) in [5, 5.41) is 9.29. The third kappa shape index (κ3) is 3.28. The summed E-state index contributed by atoms with van der Waals surface area (Å²) in [7, 11) is 0. The zero-order valence-electron chi connectivity index (χ0n) is 9.77. The van der Waals surface area contributed by atoms with Gasteiger partial charge in [0.05, 0.1) is 5.02 Å². The highest BCUT2D eigenvalue weighted by molar-refractivity contribution is 9.10. The van der Waals surface area contributed by atoms with Gasteiger partial charge in [-0.3, -0.25) is 0 Å². The number of aromatic carboxylic acids is 1. The predicted molar refractivity (Wildman–Crippen MR) is 76.9 cm³/mol. The van der Waals surface area contributed by atoms with Crippen LogP contribution in [0.2, 0.25) is 5.02 Å². The minimum absolute atomic E-state index is 0.0174. The molecule has 2 rings (SSSR count). The van der Waals surface area contributed by atoms with E-state index in [1.165, 1.54) is 6.07 Å². The normalized spacial score (nSPS) is 10.2. The molecule has 0 aliphatic carbocycles. The molecule has 0 atom stereocenters. The van der Waals surface area contributed by atoms with Crippen molar-refractivity contribution in [2.45, 2.75) is 6.61 Å². The number of hydrogen-bond donors (Lipinski definition) is 1. The zero-order valence-corrected chi connectivity index (χ0v) is 12.1. The summed E-state index contributed by atoms with van der Waals surface area (Å²) in [4.78, 5) is 11.1. The molecule has 2 aromatic rings. The zero-order chi connectivity index (χ0) is 13.8. The summed E-state index contributed by atoms with van der Waals surface area (Å²) in [5.74, 6) is -0.844. The molecule has 98 valence electrons. The van der Waals surface area contributed by atoms with Gasteiger partial charge in [-0.1, -0.05) is 51.8 Å². The molecule has 0 saturated heterocycles. The van der Waals surface area contributed by atoms with Crippen molar-refractivity contribution in [3.8, 4) is 5.75 Å². The first-order chi connectivity index (χ1) is 9.09. The Kier molecular flexibility index (Phi) is 4.45. The number of rotatable bonds is 4. The number of carbonyl (C=O) groups is 1. The topological polar surface area (TPSA) is 46.5 Å². The largest absolute Gasteiger partial charge is 0.488 e. The third-order valence-corrected chi connectivity index (χ3v) is 3.62. The van der Waals surface area contributed by atoms with Gasteiger partial charge in [0.25, 0.3) is 0 Å². The number of halogens is 2. The number of ether oxygens (including phenoxy) is 1. The second-order valence-corrected chi connectivity index (χ2v) is 5.06. The van der Waals surface area contributed by atoms with Gasteiger partial charge in [-0.15, -0.1) is 0 Å². The van der Waals surface area contributed by atoms with Gasteiger partial charge in [-0.25, -0.2) is 4.79 Å². The lowest BCUT2D eigenvalue weighted by Crippen LogP contribution is -2.04. The minimum Gasteiger partial charge on any atom is -0.488 e. The second-order valence-electron chi connectivity index (χ2n) is 3.80. The average molecular weight is 342 g/mol. The van der Waals surface area contributed by atoms with E-state index < -0.39 is 5.97 Å². The van der Waals surface area contributed by atoms with Crippen LogP contribution in [-0.4, -0.2) is 11.1 Å². The molecule has 19 heavy (non-hydrogen) atoms. The molecule has 0 aliphatic rings. The van der Waals surface area contributed by atoms with Gasteiger partial charge >= 0.3 is 5.97 Å². The van der Waals surface area contributed by atoms with Gasteiger partial charge in [-0.05, 0) is 18.2 Å². The molecule has 0 saturated carbocycles. The molecule has 0 heterocycles. The molecule has 0 spiro atoms. The van der Waals surface area contributed by atoms with Crippen LogP contribution in [0.5, 0.6) is 5.75 Å². The smallest absolute Gasteiger partial charge is 0.341 e. The average Bonchev–Trinajstić information content (AvgIpc) is 2.37. The van der Waals surface area contributed by atoms with E-state index in [1.54, 1.807) is 12.1 Å². The monoisotopic (exact) mass is 340 g/mol. The maximum absolute atomic E-state index is 11.1. The standard InChI is InChI=1S/C14H10BrClO3/c15-10-5-2-1-4-9(10)8-19-12-7-3-6-11(16)13(12)14(17)18/h1-7H,8H2,(H,17,18). The van der Waals surface area contributed by atoms with E-state index in [1.807, 2.05) is 24.3 Å². The van der Waals surface area contributed by atoms with Crippen molar-refractivity contribution >= 4 is 33.5 Å². The molecule has 0 bridgehead atoms. The maximum atomic E-state index is 11.1.